The van der Waals surface area contributed by atoms with Gasteiger partial charge in [0, 0.05) is 24.3 Å². The average Bonchev–Trinajstić information content (AvgIpc) is 2.46. The van der Waals surface area contributed by atoms with Gasteiger partial charge in [0.25, 0.3) is 0 Å². The van der Waals surface area contributed by atoms with E-state index >= 15 is 0 Å². The minimum absolute atomic E-state index is 0.572. The molecule has 0 spiro atoms. The van der Waals surface area contributed by atoms with Crippen LogP contribution < -0.4 is 11.1 Å². The number of rotatable bonds is 1. The Hall–Kier alpha value is -1.22. The number of fused-ring (bicyclic) bond motifs is 1. The Balaban J connectivity index is 2.42. The maximum atomic E-state index is 5.48. The minimum atomic E-state index is 0.572. The van der Waals surface area contributed by atoms with Crippen molar-refractivity contribution in [2.75, 3.05) is 11.9 Å². The molecule has 0 atom stereocenters. The summed E-state index contributed by atoms with van der Waals surface area (Å²) >= 11 is 0. The summed E-state index contributed by atoms with van der Waals surface area (Å²) in [5.74, 6) is 1.09. The van der Waals surface area contributed by atoms with Gasteiger partial charge < -0.3 is 16.0 Å². The molecule has 11 heavy (non-hydrogen) atoms. The van der Waals surface area contributed by atoms with Gasteiger partial charge in [-0.05, 0) is 6.07 Å². The average molecular weight is 149 g/mol. The van der Waals surface area contributed by atoms with Gasteiger partial charge in [-0.2, -0.15) is 0 Å². The number of H-pyrrole nitrogens is 1. The van der Waals surface area contributed by atoms with Gasteiger partial charge in [-0.25, -0.2) is 0 Å². The summed E-state index contributed by atoms with van der Waals surface area (Å²) in [5.41, 5.74) is 7.76. The third-order valence-corrected chi connectivity index (χ3v) is 1.82. The van der Waals surface area contributed by atoms with Crippen LogP contribution in [0.5, 0.6) is 0 Å². The van der Waals surface area contributed by atoms with Crippen LogP contribution in [0.15, 0.2) is 12.1 Å². The van der Waals surface area contributed by atoms with Gasteiger partial charge in [-0.3, -0.25) is 0 Å². The Kier molecular flexibility index (Phi) is 1.43. The van der Waals surface area contributed by atoms with Crippen molar-refractivity contribution in [1.29, 1.82) is 0 Å². The Morgan fingerprint density at radius 1 is 1.55 bits per heavy atom. The smallest absolute Gasteiger partial charge is 0.111 e. The lowest BCUT2D eigenvalue weighted by atomic mass is 10.2. The van der Waals surface area contributed by atoms with Gasteiger partial charge in [0.05, 0.1) is 0 Å². The molecule has 0 aromatic carbocycles. The largest absolute Gasteiger partial charge is 0.368 e. The third-order valence-electron chi connectivity index (χ3n) is 1.82. The highest BCUT2D eigenvalue weighted by molar-refractivity contribution is 5.67. The van der Waals surface area contributed by atoms with Crippen LogP contribution in [0.25, 0.3) is 6.08 Å². The lowest BCUT2D eigenvalue weighted by Gasteiger charge is -2.06. The number of nitrogens with one attached hydrogen (secondary N) is 2. The molecule has 2 heterocycles. The lowest BCUT2D eigenvalue weighted by Crippen LogP contribution is -2.03. The molecule has 0 unspecified atom stereocenters. The van der Waals surface area contributed by atoms with Gasteiger partial charge >= 0.3 is 0 Å². The summed E-state index contributed by atoms with van der Waals surface area (Å²) in [6.07, 6.45) is 4.19. The van der Waals surface area contributed by atoms with E-state index in [9.17, 15) is 0 Å². The third kappa shape index (κ3) is 1.03. The maximum absolute atomic E-state index is 5.48. The number of hydrogen-bond acceptors (Lipinski definition) is 2. The Labute approximate surface area is 65.3 Å². The fraction of sp³-hybridized carbons (Fsp3) is 0.250. The number of hydrogen-bond donors (Lipinski definition) is 3. The zero-order valence-electron chi connectivity index (χ0n) is 6.22. The Bertz CT molecular complexity index is 286. The van der Waals surface area contributed by atoms with Crippen LogP contribution in [0.2, 0.25) is 0 Å². The summed E-state index contributed by atoms with van der Waals surface area (Å²) in [6.45, 7) is 1.47. The van der Waals surface area contributed by atoms with Crippen molar-refractivity contribution in [2.24, 2.45) is 5.73 Å². The van der Waals surface area contributed by atoms with Crippen molar-refractivity contribution in [3.63, 3.8) is 0 Å². The monoisotopic (exact) mass is 149 g/mol. The van der Waals surface area contributed by atoms with Crippen LogP contribution in [0.3, 0.4) is 0 Å². The molecule has 58 valence electrons. The molecule has 3 nitrogen and oxygen atoms in total. The van der Waals surface area contributed by atoms with Gasteiger partial charge in [0.1, 0.15) is 5.82 Å². The molecule has 1 aromatic rings. The predicted octanol–water partition coefficient (Wildman–Crippen LogP) is 0.912. The SMILES string of the molecule is NCc1cc2c([nH]1)NCC=C2. The van der Waals surface area contributed by atoms with E-state index in [2.05, 4.69) is 28.5 Å². The predicted molar refractivity (Wildman–Crippen MR) is 46.2 cm³/mol. The highest BCUT2D eigenvalue weighted by atomic mass is 15.0. The van der Waals surface area contributed by atoms with Crippen LogP contribution in [0.1, 0.15) is 11.3 Å². The van der Waals surface area contributed by atoms with Crippen molar-refractivity contribution in [3.05, 3.63) is 23.4 Å². The molecule has 2 rings (SSSR count). The minimum Gasteiger partial charge on any atom is -0.368 e. The first kappa shape index (κ1) is 6.49. The molecule has 0 bridgehead atoms. The fourth-order valence-corrected chi connectivity index (χ4v) is 1.26. The first-order chi connectivity index (χ1) is 5.40. The second-order valence-corrected chi connectivity index (χ2v) is 2.61. The second kappa shape index (κ2) is 2.43. The number of nitrogens with two attached hydrogens (primary N) is 1. The summed E-state index contributed by atoms with van der Waals surface area (Å²) in [4.78, 5) is 3.20. The molecule has 0 fully saturated rings. The summed E-state index contributed by atoms with van der Waals surface area (Å²) in [7, 11) is 0. The molecule has 0 saturated carbocycles. The highest BCUT2D eigenvalue weighted by Gasteiger charge is 2.05. The Morgan fingerprint density at radius 3 is 3.18 bits per heavy atom. The van der Waals surface area contributed by atoms with E-state index in [0.717, 1.165) is 18.1 Å². The molecule has 0 saturated heterocycles. The maximum Gasteiger partial charge on any atom is 0.111 e. The van der Waals surface area contributed by atoms with E-state index < -0.39 is 0 Å². The van der Waals surface area contributed by atoms with Gasteiger partial charge in [0.2, 0.25) is 0 Å². The van der Waals surface area contributed by atoms with Crippen LogP contribution in [-0.4, -0.2) is 11.5 Å². The summed E-state index contributed by atoms with van der Waals surface area (Å²) in [6, 6.07) is 2.07. The number of aromatic nitrogens is 1. The van der Waals surface area contributed by atoms with E-state index in [4.69, 9.17) is 5.73 Å². The van der Waals surface area contributed by atoms with E-state index in [-0.39, 0.29) is 0 Å². The van der Waals surface area contributed by atoms with Gasteiger partial charge in [-0.15, -0.1) is 0 Å². The van der Waals surface area contributed by atoms with Crippen LogP contribution >= 0.6 is 0 Å². The standard InChI is InChI=1S/C8H11N3/c9-5-7-4-6-2-1-3-10-8(6)11-7/h1-2,4,10-11H,3,5,9H2. The van der Waals surface area contributed by atoms with E-state index in [1.54, 1.807) is 0 Å². The molecule has 0 radical (unpaired) electrons. The lowest BCUT2D eigenvalue weighted by molar-refractivity contribution is 1.01. The fourth-order valence-electron chi connectivity index (χ4n) is 1.26. The van der Waals surface area contributed by atoms with Crippen LogP contribution in [0, 0.1) is 0 Å². The summed E-state index contributed by atoms with van der Waals surface area (Å²) in [5, 5.41) is 3.22. The van der Waals surface area contributed by atoms with Crippen molar-refractivity contribution in [1.82, 2.24) is 4.98 Å². The number of aromatic amines is 1. The molecule has 1 aromatic heterocycles. The zero-order chi connectivity index (χ0) is 7.68. The topological polar surface area (TPSA) is 53.8 Å². The van der Waals surface area contributed by atoms with E-state index in [1.807, 2.05) is 0 Å². The van der Waals surface area contributed by atoms with Crippen LogP contribution in [0.4, 0.5) is 5.82 Å². The molecular weight excluding hydrogens is 138 g/mol. The Morgan fingerprint density at radius 2 is 2.45 bits per heavy atom. The molecular formula is C8H11N3. The molecule has 0 amide bonds. The van der Waals surface area contributed by atoms with Crippen molar-refractivity contribution in [3.8, 4) is 0 Å². The first-order valence-corrected chi connectivity index (χ1v) is 3.72. The van der Waals surface area contributed by atoms with Gasteiger partial charge in [-0.1, -0.05) is 12.2 Å². The van der Waals surface area contributed by atoms with E-state index in [0.29, 0.717) is 6.54 Å². The van der Waals surface area contributed by atoms with Crippen molar-refractivity contribution >= 4 is 11.9 Å². The molecule has 4 N–H and O–H groups in total. The van der Waals surface area contributed by atoms with Gasteiger partial charge in [0.15, 0.2) is 0 Å². The normalized spacial score (nSPS) is 14.3. The summed E-state index contributed by atoms with van der Waals surface area (Å²) < 4.78 is 0. The zero-order valence-corrected chi connectivity index (χ0v) is 6.22. The quantitative estimate of drug-likeness (QED) is 0.556. The van der Waals surface area contributed by atoms with Crippen molar-refractivity contribution < 1.29 is 0 Å². The molecule has 1 aliphatic heterocycles. The molecule has 3 heteroatoms. The van der Waals surface area contributed by atoms with E-state index in [1.165, 1.54) is 5.56 Å². The molecule has 1 aliphatic rings. The first-order valence-electron chi connectivity index (χ1n) is 3.72. The van der Waals surface area contributed by atoms with Crippen molar-refractivity contribution in [2.45, 2.75) is 6.54 Å². The second-order valence-electron chi connectivity index (χ2n) is 2.61. The highest BCUT2D eigenvalue weighted by Crippen LogP contribution is 2.20. The molecule has 0 aliphatic carbocycles. The van der Waals surface area contributed by atoms with Crippen LogP contribution in [-0.2, 0) is 6.54 Å². The number of anilines is 1.